The van der Waals surface area contributed by atoms with Gasteiger partial charge in [-0.15, -0.1) is 0 Å². The lowest BCUT2D eigenvalue weighted by molar-refractivity contribution is 0.0767. The highest BCUT2D eigenvalue weighted by atomic mass is 16.2. The molecule has 0 bridgehead atoms. The van der Waals surface area contributed by atoms with Crippen molar-refractivity contribution in [1.29, 1.82) is 5.26 Å². The standard InChI is InChI=1S/C24H24N4O/c1-17-13-18(2)22-21(14-17)23(20(15-25)16-26-22)27-9-6-10-28(12-11-27)24(29)19-7-4-3-5-8-19/h3-5,7-8,13-14,16H,6,9-12H2,1-2H3. The molecule has 2 heterocycles. The maximum atomic E-state index is 12.9. The molecule has 0 unspecified atom stereocenters. The summed E-state index contributed by atoms with van der Waals surface area (Å²) in [6.45, 7) is 6.97. The molecule has 0 atom stereocenters. The summed E-state index contributed by atoms with van der Waals surface area (Å²) >= 11 is 0. The molecule has 146 valence electrons. The molecule has 5 nitrogen and oxygen atoms in total. The molecule has 4 rings (SSSR count). The molecule has 0 saturated carbocycles. The Morgan fingerprint density at radius 1 is 1.07 bits per heavy atom. The maximum absolute atomic E-state index is 12.9. The number of carbonyl (C=O) groups excluding carboxylic acids is 1. The van der Waals surface area contributed by atoms with E-state index in [1.807, 2.05) is 35.2 Å². The number of aromatic nitrogens is 1. The highest BCUT2D eigenvalue weighted by molar-refractivity contribution is 5.97. The van der Waals surface area contributed by atoms with Crippen LogP contribution in [0.3, 0.4) is 0 Å². The van der Waals surface area contributed by atoms with Crippen molar-refractivity contribution in [3.8, 4) is 6.07 Å². The normalized spacial score (nSPS) is 14.5. The summed E-state index contributed by atoms with van der Waals surface area (Å²) in [7, 11) is 0. The predicted octanol–water partition coefficient (Wildman–Crippen LogP) is 4.08. The average molecular weight is 384 g/mol. The maximum Gasteiger partial charge on any atom is 0.253 e. The van der Waals surface area contributed by atoms with Gasteiger partial charge in [0.25, 0.3) is 5.91 Å². The summed E-state index contributed by atoms with van der Waals surface area (Å²) in [5, 5.41) is 10.7. The van der Waals surface area contributed by atoms with Crippen LogP contribution in [0.15, 0.2) is 48.7 Å². The number of benzene rings is 2. The molecule has 29 heavy (non-hydrogen) atoms. The van der Waals surface area contributed by atoms with Crippen LogP contribution in [0.5, 0.6) is 0 Å². The van der Waals surface area contributed by atoms with Gasteiger partial charge in [-0.1, -0.05) is 29.8 Å². The molecule has 1 saturated heterocycles. The molecule has 2 aromatic carbocycles. The number of nitriles is 1. The second kappa shape index (κ2) is 7.92. The molecule has 1 aliphatic heterocycles. The topological polar surface area (TPSA) is 60.2 Å². The van der Waals surface area contributed by atoms with Crippen molar-refractivity contribution in [3.05, 3.63) is 70.9 Å². The summed E-state index contributed by atoms with van der Waals surface area (Å²) in [6, 6.07) is 16.0. The van der Waals surface area contributed by atoms with Gasteiger partial charge in [0.1, 0.15) is 6.07 Å². The quantitative estimate of drug-likeness (QED) is 0.668. The molecule has 1 amide bonds. The summed E-state index contributed by atoms with van der Waals surface area (Å²) in [5.41, 5.74) is 5.46. The number of hydrogen-bond donors (Lipinski definition) is 0. The van der Waals surface area contributed by atoms with Crippen molar-refractivity contribution in [2.45, 2.75) is 20.3 Å². The van der Waals surface area contributed by atoms with E-state index in [0.717, 1.165) is 46.2 Å². The van der Waals surface area contributed by atoms with E-state index >= 15 is 0 Å². The first-order valence-corrected chi connectivity index (χ1v) is 9.98. The number of carbonyl (C=O) groups is 1. The van der Waals surface area contributed by atoms with Gasteiger partial charge in [-0.05, 0) is 44.0 Å². The van der Waals surface area contributed by atoms with Crippen LogP contribution in [0.2, 0.25) is 0 Å². The van der Waals surface area contributed by atoms with Crippen LogP contribution in [-0.4, -0.2) is 42.0 Å². The zero-order chi connectivity index (χ0) is 20.4. The fraction of sp³-hybridized carbons (Fsp3) is 0.292. The van der Waals surface area contributed by atoms with E-state index in [-0.39, 0.29) is 5.91 Å². The molecule has 0 N–H and O–H groups in total. The second-order valence-electron chi connectivity index (χ2n) is 7.61. The number of fused-ring (bicyclic) bond motifs is 1. The van der Waals surface area contributed by atoms with E-state index in [0.29, 0.717) is 25.2 Å². The minimum absolute atomic E-state index is 0.0687. The van der Waals surface area contributed by atoms with Crippen LogP contribution >= 0.6 is 0 Å². The van der Waals surface area contributed by atoms with Gasteiger partial charge in [-0.2, -0.15) is 5.26 Å². The zero-order valence-electron chi connectivity index (χ0n) is 16.9. The number of nitrogens with zero attached hydrogens (tertiary/aromatic N) is 4. The predicted molar refractivity (Wildman–Crippen MR) is 115 cm³/mol. The molecule has 1 fully saturated rings. The van der Waals surface area contributed by atoms with E-state index in [1.165, 1.54) is 0 Å². The lowest BCUT2D eigenvalue weighted by Crippen LogP contribution is -2.35. The number of rotatable bonds is 2. The fourth-order valence-corrected chi connectivity index (χ4v) is 4.18. The third-order valence-electron chi connectivity index (χ3n) is 5.52. The summed E-state index contributed by atoms with van der Waals surface area (Å²) in [6.07, 6.45) is 2.54. The van der Waals surface area contributed by atoms with Crippen molar-refractivity contribution < 1.29 is 4.79 Å². The van der Waals surface area contributed by atoms with Gasteiger partial charge in [0.05, 0.1) is 16.8 Å². The van der Waals surface area contributed by atoms with Gasteiger partial charge < -0.3 is 9.80 Å². The van der Waals surface area contributed by atoms with Crippen LogP contribution in [0.25, 0.3) is 10.9 Å². The number of pyridine rings is 1. The minimum atomic E-state index is 0.0687. The van der Waals surface area contributed by atoms with Crippen molar-refractivity contribution in [3.63, 3.8) is 0 Å². The lowest BCUT2D eigenvalue weighted by Gasteiger charge is -2.26. The number of anilines is 1. The van der Waals surface area contributed by atoms with Gasteiger partial charge in [-0.3, -0.25) is 9.78 Å². The first-order valence-electron chi connectivity index (χ1n) is 9.98. The van der Waals surface area contributed by atoms with Crippen molar-refractivity contribution in [2.75, 3.05) is 31.1 Å². The first-order chi connectivity index (χ1) is 14.1. The molecule has 1 aromatic heterocycles. The fourth-order valence-electron chi connectivity index (χ4n) is 4.18. The van der Waals surface area contributed by atoms with E-state index < -0.39 is 0 Å². The van der Waals surface area contributed by atoms with Gasteiger partial charge in [0.2, 0.25) is 0 Å². The van der Waals surface area contributed by atoms with E-state index in [4.69, 9.17) is 0 Å². The van der Waals surface area contributed by atoms with Gasteiger partial charge in [0, 0.05) is 43.3 Å². The third kappa shape index (κ3) is 3.66. The molecule has 5 heteroatoms. The highest BCUT2D eigenvalue weighted by Gasteiger charge is 2.23. The van der Waals surface area contributed by atoms with Crippen molar-refractivity contribution >= 4 is 22.5 Å². The number of hydrogen-bond acceptors (Lipinski definition) is 4. The average Bonchev–Trinajstić information content (AvgIpc) is 2.99. The van der Waals surface area contributed by atoms with Crippen molar-refractivity contribution in [1.82, 2.24) is 9.88 Å². The summed E-state index contributed by atoms with van der Waals surface area (Å²) in [4.78, 5) is 21.6. The zero-order valence-corrected chi connectivity index (χ0v) is 16.9. The van der Waals surface area contributed by atoms with Crippen LogP contribution in [0.4, 0.5) is 5.69 Å². The molecular formula is C24H24N4O. The van der Waals surface area contributed by atoms with E-state index in [2.05, 4.69) is 41.9 Å². The summed E-state index contributed by atoms with van der Waals surface area (Å²) in [5.74, 6) is 0.0687. The molecule has 3 aromatic rings. The Bertz CT molecular complexity index is 1100. The minimum Gasteiger partial charge on any atom is -0.368 e. The third-order valence-corrected chi connectivity index (χ3v) is 5.52. The number of aryl methyl sites for hydroxylation is 2. The van der Waals surface area contributed by atoms with Crippen LogP contribution in [0.1, 0.15) is 33.5 Å². The first kappa shape index (κ1) is 18.9. The monoisotopic (exact) mass is 384 g/mol. The molecule has 1 aliphatic rings. The molecule has 0 spiro atoms. The molecule has 0 radical (unpaired) electrons. The second-order valence-corrected chi connectivity index (χ2v) is 7.61. The summed E-state index contributed by atoms with van der Waals surface area (Å²) < 4.78 is 0. The largest absolute Gasteiger partial charge is 0.368 e. The molecule has 0 aliphatic carbocycles. The Morgan fingerprint density at radius 2 is 1.86 bits per heavy atom. The van der Waals surface area contributed by atoms with Crippen LogP contribution in [-0.2, 0) is 0 Å². The Labute approximate surface area is 171 Å². The Hall–Kier alpha value is -3.39. The van der Waals surface area contributed by atoms with E-state index in [1.54, 1.807) is 6.20 Å². The van der Waals surface area contributed by atoms with E-state index in [9.17, 15) is 10.1 Å². The lowest BCUT2D eigenvalue weighted by atomic mass is 10.0. The Kier molecular flexibility index (Phi) is 5.18. The molecular weight excluding hydrogens is 360 g/mol. The van der Waals surface area contributed by atoms with Crippen molar-refractivity contribution in [2.24, 2.45) is 0 Å². The Balaban J connectivity index is 1.67. The van der Waals surface area contributed by atoms with Crippen LogP contribution < -0.4 is 4.90 Å². The number of amides is 1. The SMILES string of the molecule is Cc1cc(C)c2ncc(C#N)c(N3CCCN(C(=O)c4ccccc4)CC3)c2c1. The highest BCUT2D eigenvalue weighted by Crippen LogP contribution is 2.32. The van der Waals surface area contributed by atoms with Gasteiger partial charge in [0.15, 0.2) is 0 Å². The smallest absolute Gasteiger partial charge is 0.253 e. The van der Waals surface area contributed by atoms with Gasteiger partial charge in [-0.25, -0.2) is 0 Å². The van der Waals surface area contributed by atoms with Crippen LogP contribution in [0, 0.1) is 25.2 Å². The van der Waals surface area contributed by atoms with Gasteiger partial charge >= 0.3 is 0 Å². The Morgan fingerprint density at radius 3 is 2.62 bits per heavy atom.